The van der Waals surface area contributed by atoms with E-state index in [1.54, 1.807) is 0 Å². The second-order valence-corrected chi connectivity index (χ2v) is 7.81. The van der Waals surface area contributed by atoms with Crippen LogP contribution in [-0.4, -0.2) is 16.2 Å². The Hall–Kier alpha value is -3.27. The summed E-state index contributed by atoms with van der Waals surface area (Å²) in [5, 5.41) is 0. The molecule has 4 nitrogen and oxygen atoms in total. The molecule has 0 saturated carbocycles. The molecule has 31 heavy (non-hydrogen) atoms. The Morgan fingerprint density at radius 2 is 1.65 bits per heavy atom. The average molecular weight is 415 g/mol. The normalized spacial score (nSPS) is 12.1. The lowest BCUT2D eigenvalue weighted by Gasteiger charge is -2.19. The first-order valence-electron chi connectivity index (χ1n) is 11.1. The molecule has 0 aliphatic heterocycles. The molecule has 160 valence electrons. The summed E-state index contributed by atoms with van der Waals surface area (Å²) in [4.78, 5) is 4.96. The summed E-state index contributed by atoms with van der Waals surface area (Å²) in [6.45, 7) is 5.84. The molecule has 3 aromatic carbocycles. The van der Waals surface area contributed by atoms with Gasteiger partial charge in [-0.15, -0.1) is 0 Å². The Morgan fingerprint density at radius 3 is 2.45 bits per heavy atom. The average Bonchev–Trinajstić information content (AvgIpc) is 3.16. The number of aryl methyl sites for hydroxylation is 2. The van der Waals surface area contributed by atoms with E-state index in [9.17, 15) is 0 Å². The first kappa shape index (κ1) is 21.0. The van der Waals surface area contributed by atoms with Gasteiger partial charge in [-0.2, -0.15) is 0 Å². The quantitative estimate of drug-likeness (QED) is 0.270. The minimum absolute atomic E-state index is 0.0882. The van der Waals surface area contributed by atoms with Crippen molar-refractivity contribution < 1.29 is 9.47 Å². The van der Waals surface area contributed by atoms with Gasteiger partial charge in [0.05, 0.1) is 17.6 Å². The molecule has 1 heterocycles. The van der Waals surface area contributed by atoms with E-state index in [0.29, 0.717) is 6.61 Å². The minimum atomic E-state index is -0.0882. The highest BCUT2D eigenvalue weighted by Gasteiger charge is 2.20. The zero-order chi connectivity index (χ0) is 21.5. The van der Waals surface area contributed by atoms with E-state index >= 15 is 0 Å². The van der Waals surface area contributed by atoms with Crippen LogP contribution in [0.25, 0.3) is 11.0 Å². The number of nitrogens with zero attached hydrogens (tertiary/aromatic N) is 2. The molecule has 0 amide bonds. The van der Waals surface area contributed by atoms with Crippen molar-refractivity contribution in [1.29, 1.82) is 0 Å². The first-order chi connectivity index (χ1) is 15.2. The molecule has 4 aromatic rings. The van der Waals surface area contributed by atoms with Crippen LogP contribution in [0.1, 0.15) is 43.7 Å². The van der Waals surface area contributed by atoms with Crippen LogP contribution in [0.2, 0.25) is 0 Å². The van der Waals surface area contributed by atoms with Crippen LogP contribution in [0.4, 0.5) is 0 Å². The van der Waals surface area contributed by atoms with Crippen molar-refractivity contribution in [3.05, 3.63) is 90.3 Å². The van der Waals surface area contributed by atoms with E-state index in [-0.39, 0.29) is 6.10 Å². The molecule has 0 fully saturated rings. The van der Waals surface area contributed by atoms with E-state index < -0.39 is 0 Å². The van der Waals surface area contributed by atoms with Crippen LogP contribution < -0.4 is 9.47 Å². The van der Waals surface area contributed by atoms with Crippen molar-refractivity contribution in [3.63, 3.8) is 0 Å². The Kier molecular flexibility index (Phi) is 6.88. The molecule has 4 rings (SSSR count). The molecule has 0 saturated heterocycles. The molecule has 0 radical (unpaired) electrons. The maximum absolute atomic E-state index is 6.38. The second-order valence-electron chi connectivity index (χ2n) is 7.81. The molecular weight excluding hydrogens is 384 g/mol. The monoisotopic (exact) mass is 414 g/mol. The lowest BCUT2D eigenvalue weighted by atomic mass is 10.2. The van der Waals surface area contributed by atoms with E-state index in [2.05, 4.69) is 48.7 Å². The summed E-state index contributed by atoms with van der Waals surface area (Å²) in [7, 11) is 0. The third-order valence-corrected chi connectivity index (χ3v) is 5.40. The maximum atomic E-state index is 6.38. The number of hydrogen-bond donors (Lipinski definition) is 0. The molecule has 4 heteroatoms. The highest BCUT2D eigenvalue weighted by Crippen LogP contribution is 2.28. The van der Waals surface area contributed by atoms with Crippen LogP contribution in [-0.2, 0) is 6.54 Å². The smallest absolute Gasteiger partial charge is 0.156 e. The molecular formula is C27H30N2O2. The number of rotatable bonds is 10. The number of hydrogen-bond acceptors (Lipinski definition) is 3. The topological polar surface area (TPSA) is 36.3 Å². The predicted molar refractivity (Wildman–Crippen MR) is 126 cm³/mol. The lowest BCUT2D eigenvalue weighted by molar-refractivity contribution is 0.186. The first-order valence-corrected chi connectivity index (χ1v) is 11.1. The van der Waals surface area contributed by atoms with Crippen molar-refractivity contribution in [1.82, 2.24) is 9.55 Å². The number of aromatic nitrogens is 2. The van der Waals surface area contributed by atoms with E-state index in [0.717, 1.165) is 54.2 Å². The zero-order valence-corrected chi connectivity index (χ0v) is 18.3. The summed E-state index contributed by atoms with van der Waals surface area (Å²) in [6.07, 6.45) is 2.76. The number of benzene rings is 3. The summed E-state index contributed by atoms with van der Waals surface area (Å²) in [5.41, 5.74) is 3.37. The van der Waals surface area contributed by atoms with Crippen LogP contribution in [0.15, 0.2) is 78.9 Å². The van der Waals surface area contributed by atoms with Gasteiger partial charge in [0.2, 0.25) is 0 Å². The van der Waals surface area contributed by atoms with Crippen LogP contribution in [0, 0.1) is 6.92 Å². The van der Waals surface area contributed by atoms with Gasteiger partial charge in [-0.05, 0) is 68.1 Å². The van der Waals surface area contributed by atoms with Gasteiger partial charge in [0.1, 0.15) is 11.5 Å². The Balaban J connectivity index is 1.48. The fraction of sp³-hybridized carbons (Fsp3) is 0.296. The van der Waals surface area contributed by atoms with Gasteiger partial charge in [-0.3, -0.25) is 0 Å². The van der Waals surface area contributed by atoms with Crippen molar-refractivity contribution >= 4 is 11.0 Å². The molecule has 0 N–H and O–H groups in total. The van der Waals surface area contributed by atoms with Crippen molar-refractivity contribution in [2.45, 2.75) is 45.8 Å². The van der Waals surface area contributed by atoms with Crippen molar-refractivity contribution in [2.24, 2.45) is 0 Å². The largest absolute Gasteiger partial charge is 0.494 e. The molecule has 1 atom stereocenters. The molecule has 0 bridgehead atoms. The summed E-state index contributed by atoms with van der Waals surface area (Å²) in [6, 6.07) is 26.5. The number of unbranched alkanes of at least 4 members (excludes halogenated alkanes) is 1. The Labute approximate surface area is 184 Å². The fourth-order valence-electron chi connectivity index (χ4n) is 3.83. The van der Waals surface area contributed by atoms with E-state index in [4.69, 9.17) is 14.5 Å². The fourth-order valence-corrected chi connectivity index (χ4v) is 3.83. The SMILES string of the molecule is CCC(Oc1cccc(C)c1)c1nc2ccccc2n1CCCCOc1ccccc1. The molecule has 0 spiro atoms. The van der Waals surface area contributed by atoms with Crippen molar-refractivity contribution in [3.8, 4) is 11.5 Å². The summed E-state index contributed by atoms with van der Waals surface area (Å²) >= 11 is 0. The van der Waals surface area contributed by atoms with Gasteiger partial charge in [0.25, 0.3) is 0 Å². The van der Waals surface area contributed by atoms with Crippen molar-refractivity contribution in [2.75, 3.05) is 6.61 Å². The van der Waals surface area contributed by atoms with Gasteiger partial charge < -0.3 is 14.0 Å². The van der Waals surface area contributed by atoms with Crippen LogP contribution >= 0.6 is 0 Å². The van der Waals surface area contributed by atoms with Gasteiger partial charge in [-0.1, -0.05) is 49.4 Å². The summed E-state index contributed by atoms with van der Waals surface area (Å²) in [5.74, 6) is 2.81. The third-order valence-electron chi connectivity index (χ3n) is 5.40. The summed E-state index contributed by atoms with van der Waals surface area (Å²) < 4.78 is 14.6. The van der Waals surface area contributed by atoms with Gasteiger partial charge in [-0.25, -0.2) is 4.98 Å². The lowest BCUT2D eigenvalue weighted by Crippen LogP contribution is -2.15. The highest BCUT2D eigenvalue weighted by atomic mass is 16.5. The van der Waals surface area contributed by atoms with Crippen LogP contribution in [0.3, 0.4) is 0 Å². The van der Waals surface area contributed by atoms with Gasteiger partial charge in [0.15, 0.2) is 11.9 Å². The zero-order valence-electron chi connectivity index (χ0n) is 18.3. The standard InChI is InChI=1S/C27H30N2O2/c1-3-26(31-23-15-11-12-21(2)20-23)27-28-24-16-7-8-17-25(24)29(27)18-9-10-19-30-22-13-5-4-6-14-22/h4-8,11-17,20,26H,3,9-10,18-19H2,1-2H3. The number of fused-ring (bicyclic) bond motifs is 1. The number of imidazole rings is 1. The van der Waals surface area contributed by atoms with E-state index in [1.165, 1.54) is 5.56 Å². The molecule has 1 unspecified atom stereocenters. The van der Waals surface area contributed by atoms with Crippen LogP contribution in [0.5, 0.6) is 11.5 Å². The minimum Gasteiger partial charge on any atom is -0.494 e. The Bertz CT molecular complexity index is 1100. The number of ether oxygens (including phenoxy) is 2. The Morgan fingerprint density at radius 1 is 0.871 bits per heavy atom. The third kappa shape index (κ3) is 5.26. The second kappa shape index (κ2) is 10.2. The molecule has 0 aliphatic carbocycles. The van der Waals surface area contributed by atoms with E-state index in [1.807, 2.05) is 48.5 Å². The number of para-hydroxylation sites is 3. The molecule has 1 aromatic heterocycles. The highest BCUT2D eigenvalue weighted by molar-refractivity contribution is 5.76. The maximum Gasteiger partial charge on any atom is 0.156 e. The van der Waals surface area contributed by atoms with Gasteiger partial charge in [0, 0.05) is 6.54 Å². The molecule has 0 aliphatic rings. The predicted octanol–water partition coefficient (Wildman–Crippen LogP) is 6.73. The van der Waals surface area contributed by atoms with Gasteiger partial charge >= 0.3 is 0 Å².